The van der Waals surface area contributed by atoms with Crippen molar-refractivity contribution < 1.29 is 26.2 Å². The SMILES string of the molecule is CCCCCCc1ccc(-c2cccc3[cH-]c(-c4ccccc4)cc23)cc1.[Zr]. The minimum absolute atomic E-state index is 0. The van der Waals surface area contributed by atoms with Crippen LogP contribution in [0.2, 0.25) is 0 Å². The summed E-state index contributed by atoms with van der Waals surface area (Å²) in [7, 11) is 0. The minimum atomic E-state index is 0. The molecule has 28 heavy (non-hydrogen) atoms. The van der Waals surface area contributed by atoms with Gasteiger partial charge in [-0.05, 0) is 24.0 Å². The Labute approximate surface area is 188 Å². The van der Waals surface area contributed by atoms with Gasteiger partial charge in [-0.3, -0.25) is 0 Å². The van der Waals surface area contributed by atoms with Crippen LogP contribution in [-0.4, -0.2) is 0 Å². The van der Waals surface area contributed by atoms with E-state index in [4.69, 9.17) is 0 Å². The van der Waals surface area contributed by atoms with Gasteiger partial charge in [-0.2, -0.15) is 0 Å². The summed E-state index contributed by atoms with van der Waals surface area (Å²) < 4.78 is 0. The van der Waals surface area contributed by atoms with Gasteiger partial charge >= 0.3 is 0 Å². The van der Waals surface area contributed by atoms with Gasteiger partial charge in [0.25, 0.3) is 0 Å². The van der Waals surface area contributed by atoms with E-state index in [1.54, 1.807) is 0 Å². The minimum Gasteiger partial charge on any atom is -0.144 e. The third-order valence-electron chi connectivity index (χ3n) is 5.44. The van der Waals surface area contributed by atoms with Crippen molar-refractivity contribution in [3.63, 3.8) is 0 Å². The Kier molecular flexibility index (Phi) is 7.52. The summed E-state index contributed by atoms with van der Waals surface area (Å²) in [6, 6.07) is 31.1. The molecule has 0 atom stereocenters. The molecular weight excluding hydrogens is 416 g/mol. The summed E-state index contributed by atoms with van der Waals surface area (Å²) in [5.74, 6) is 0. The third kappa shape index (κ3) is 4.76. The summed E-state index contributed by atoms with van der Waals surface area (Å²) in [5.41, 5.74) is 6.66. The Morgan fingerprint density at radius 2 is 1.50 bits per heavy atom. The summed E-state index contributed by atoms with van der Waals surface area (Å²) in [4.78, 5) is 0. The Hall–Kier alpha value is -1.85. The van der Waals surface area contributed by atoms with Gasteiger partial charge in [0, 0.05) is 26.2 Å². The molecule has 0 aliphatic heterocycles. The Balaban J connectivity index is 0.00000225. The second-order valence-electron chi connectivity index (χ2n) is 7.43. The molecule has 0 saturated carbocycles. The number of hydrogen-bond donors (Lipinski definition) is 0. The van der Waals surface area contributed by atoms with E-state index in [-0.39, 0.29) is 26.2 Å². The number of unbranched alkanes of at least 4 members (excludes halogenated alkanes) is 3. The van der Waals surface area contributed by atoms with Crippen molar-refractivity contribution in [3.8, 4) is 22.3 Å². The quantitative estimate of drug-likeness (QED) is 0.201. The van der Waals surface area contributed by atoms with Crippen LogP contribution in [0.4, 0.5) is 0 Å². The third-order valence-corrected chi connectivity index (χ3v) is 5.44. The number of aryl methyl sites for hydroxylation is 1. The number of fused-ring (bicyclic) bond motifs is 1. The average molecular weight is 443 g/mol. The zero-order chi connectivity index (χ0) is 18.5. The molecule has 0 amide bonds. The van der Waals surface area contributed by atoms with Crippen LogP contribution in [-0.2, 0) is 32.6 Å². The van der Waals surface area contributed by atoms with E-state index in [1.165, 1.54) is 70.7 Å². The first-order chi connectivity index (χ1) is 13.3. The summed E-state index contributed by atoms with van der Waals surface area (Å²) >= 11 is 0. The predicted molar refractivity (Wildman–Crippen MR) is 118 cm³/mol. The van der Waals surface area contributed by atoms with Gasteiger partial charge in [0.1, 0.15) is 0 Å². The van der Waals surface area contributed by atoms with Crippen molar-refractivity contribution in [1.29, 1.82) is 0 Å². The first kappa shape index (κ1) is 20.9. The van der Waals surface area contributed by atoms with E-state index in [2.05, 4.69) is 91.9 Å². The number of rotatable bonds is 7. The predicted octanol–water partition coefficient (Wildman–Crippen LogP) is 8.01. The molecule has 0 aromatic heterocycles. The monoisotopic (exact) mass is 441 g/mol. The van der Waals surface area contributed by atoms with E-state index in [9.17, 15) is 0 Å². The Morgan fingerprint density at radius 3 is 2.25 bits per heavy atom. The molecule has 4 aromatic rings. The maximum Gasteiger partial charge on any atom is 0 e. The molecule has 4 aromatic carbocycles. The van der Waals surface area contributed by atoms with E-state index < -0.39 is 0 Å². The molecule has 0 radical (unpaired) electrons. The van der Waals surface area contributed by atoms with Gasteiger partial charge in [0.15, 0.2) is 0 Å². The smallest absolute Gasteiger partial charge is 0 e. The first-order valence-electron chi connectivity index (χ1n) is 10.2. The maximum absolute atomic E-state index is 2.33. The summed E-state index contributed by atoms with van der Waals surface area (Å²) in [6.45, 7) is 2.27. The van der Waals surface area contributed by atoms with Crippen molar-refractivity contribution in [2.75, 3.05) is 0 Å². The van der Waals surface area contributed by atoms with Crippen LogP contribution in [0.1, 0.15) is 38.2 Å². The fourth-order valence-electron chi connectivity index (χ4n) is 3.89. The summed E-state index contributed by atoms with van der Waals surface area (Å²) in [5, 5.41) is 2.65. The molecule has 1 heteroatoms. The first-order valence-corrected chi connectivity index (χ1v) is 10.2. The Morgan fingerprint density at radius 1 is 0.714 bits per heavy atom. The standard InChI is InChI=1S/C27H27.Zr/c1-2-3-4-6-10-21-15-17-23(18-16-21)26-14-9-13-24-19-25(20-27(24)26)22-11-7-5-8-12-22;/h5,7-9,11-20H,2-4,6,10H2,1H3;/q-1;. The van der Waals surface area contributed by atoms with E-state index in [0.717, 1.165) is 0 Å². The molecule has 0 saturated heterocycles. The van der Waals surface area contributed by atoms with Crippen LogP contribution in [0.25, 0.3) is 33.0 Å². The van der Waals surface area contributed by atoms with Gasteiger partial charge < -0.3 is 0 Å². The molecule has 0 aliphatic rings. The molecule has 0 heterocycles. The zero-order valence-electron chi connectivity index (χ0n) is 16.6. The van der Waals surface area contributed by atoms with E-state index in [1.807, 2.05) is 0 Å². The maximum atomic E-state index is 2.33. The van der Waals surface area contributed by atoms with Gasteiger partial charge in [-0.15, -0.1) is 34.5 Å². The molecule has 0 nitrogen and oxygen atoms in total. The number of benzene rings is 3. The zero-order valence-corrected chi connectivity index (χ0v) is 19.1. The van der Waals surface area contributed by atoms with Crippen molar-refractivity contribution in [2.24, 2.45) is 0 Å². The van der Waals surface area contributed by atoms with E-state index in [0.29, 0.717) is 0 Å². The van der Waals surface area contributed by atoms with Crippen LogP contribution in [0, 0.1) is 0 Å². The van der Waals surface area contributed by atoms with Crippen molar-refractivity contribution >= 4 is 10.8 Å². The number of hydrogen-bond acceptors (Lipinski definition) is 0. The Bertz CT molecular complexity index is 994. The van der Waals surface area contributed by atoms with Gasteiger partial charge in [0.05, 0.1) is 0 Å². The molecule has 0 spiro atoms. The largest absolute Gasteiger partial charge is 0.144 e. The fraction of sp³-hybridized carbons (Fsp3) is 0.222. The molecule has 0 aliphatic carbocycles. The normalized spacial score (nSPS) is 10.8. The summed E-state index contributed by atoms with van der Waals surface area (Å²) in [6.07, 6.45) is 6.48. The van der Waals surface area contributed by atoms with Crippen molar-refractivity contribution in [1.82, 2.24) is 0 Å². The molecule has 0 bridgehead atoms. The van der Waals surface area contributed by atoms with Gasteiger partial charge in [0.2, 0.25) is 0 Å². The molecular formula is C27H27Zr-. The van der Waals surface area contributed by atoms with Crippen LogP contribution < -0.4 is 0 Å². The molecule has 140 valence electrons. The van der Waals surface area contributed by atoms with Gasteiger partial charge in [-0.1, -0.05) is 104 Å². The van der Waals surface area contributed by atoms with Crippen LogP contribution in [0.5, 0.6) is 0 Å². The fourth-order valence-corrected chi connectivity index (χ4v) is 3.89. The van der Waals surface area contributed by atoms with Crippen LogP contribution in [0.15, 0.2) is 84.9 Å². The topological polar surface area (TPSA) is 0 Å². The van der Waals surface area contributed by atoms with Gasteiger partial charge in [-0.25, -0.2) is 0 Å². The van der Waals surface area contributed by atoms with Crippen LogP contribution >= 0.6 is 0 Å². The second kappa shape index (κ2) is 10.1. The van der Waals surface area contributed by atoms with E-state index >= 15 is 0 Å². The second-order valence-corrected chi connectivity index (χ2v) is 7.43. The van der Waals surface area contributed by atoms with Crippen LogP contribution in [0.3, 0.4) is 0 Å². The average Bonchev–Trinajstić information content (AvgIpc) is 3.17. The molecule has 0 unspecified atom stereocenters. The van der Waals surface area contributed by atoms with Crippen molar-refractivity contribution in [3.05, 3.63) is 90.5 Å². The molecule has 4 rings (SSSR count). The molecule has 0 fully saturated rings. The molecule has 0 N–H and O–H groups in total. The van der Waals surface area contributed by atoms with Crippen molar-refractivity contribution in [2.45, 2.75) is 39.0 Å².